The topological polar surface area (TPSA) is 91.0 Å². The minimum Gasteiger partial charge on any atom is -0.444 e. The number of likely N-dealkylation sites (tertiary alicyclic amines) is 1. The van der Waals surface area contributed by atoms with Crippen molar-refractivity contribution >= 4 is 40.9 Å². The van der Waals surface area contributed by atoms with Crippen molar-refractivity contribution in [3.63, 3.8) is 0 Å². The molecule has 0 aromatic heterocycles. The van der Waals surface area contributed by atoms with E-state index in [2.05, 4.69) is 10.6 Å². The third-order valence-electron chi connectivity index (χ3n) is 5.03. The van der Waals surface area contributed by atoms with Crippen molar-refractivity contribution in [2.75, 3.05) is 36.4 Å². The zero-order valence-electron chi connectivity index (χ0n) is 17.7. The summed E-state index contributed by atoms with van der Waals surface area (Å²) in [7, 11) is 0. The van der Waals surface area contributed by atoms with E-state index in [0.29, 0.717) is 36.8 Å². The van der Waals surface area contributed by atoms with Crippen molar-refractivity contribution in [3.8, 4) is 0 Å². The first-order valence-corrected chi connectivity index (χ1v) is 10.6. The van der Waals surface area contributed by atoms with E-state index >= 15 is 0 Å². The molecule has 0 radical (unpaired) electrons. The average molecular weight is 437 g/mol. The second-order valence-corrected chi connectivity index (χ2v) is 9.02. The second kappa shape index (κ2) is 9.12. The van der Waals surface area contributed by atoms with Gasteiger partial charge in [0, 0.05) is 25.3 Å². The summed E-state index contributed by atoms with van der Waals surface area (Å²) in [6.45, 7) is 7.39. The van der Waals surface area contributed by atoms with E-state index < -0.39 is 17.7 Å². The second-order valence-electron chi connectivity index (χ2n) is 8.61. The summed E-state index contributed by atoms with van der Waals surface area (Å²) in [4.78, 5) is 40.5. The fourth-order valence-corrected chi connectivity index (χ4v) is 3.95. The van der Waals surface area contributed by atoms with E-state index in [1.165, 1.54) is 4.90 Å². The highest BCUT2D eigenvalue weighted by atomic mass is 35.5. The number of benzene rings is 1. The van der Waals surface area contributed by atoms with Crippen molar-refractivity contribution in [3.05, 3.63) is 23.2 Å². The van der Waals surface area contributed by atoms with E-state index in [1.807, 2.05) is 4.90 Å². The third-order valence-corrected chi connectivity index (χ3v) is 5.33. The number of amides is 3. The maximum absolute atomic E-state index is 12.9. The van der Waals surface area contributed by atoms with Gasteiger partial charge in [-0.3, -0.25) is 14.5 Å². The molecular formula is C21H29ClN4O4. The van der Waals surface area contributed by atoms with E-state index in [9.17, 15) is 14.4 Å². The Morgan fingerprint density at radius 2 is 2.00 bits per heavy atom. The first kappa shape index (κ1) is 22.2. The predicted octanol–water partition coefficient (Wildman–Crippen LogP) is 3.00. The predicted molar refractivity (Wildman–Crippen MR) is 116 cm³/mol. The number of rotatable bonds is 3. The molecule has 2 aliphatic rings. The van der Waals surface area contributed by atoms with Crippen LogP contribution in [-0.4, -0.2) is 60.6 Å². The van der Waals surface area contributed by atoms with E-state index in [4.69, 9.17) is 16.3 Å². The molecule has 3 amide bonds. The van der Waals surface area contributed by atoms with Crippen LogP contribution in [0.3, 0.4) is 0 Å². The van der Waals surface area contributed by atoms with Crippen molar-refractivity contribution in [1.29, 1.82) is 0 Å². The van der Waals surface area contributed by atoms with Gasteiger partial charge in [0.05, 0.1) is 17.3 Å². The maximum atomic E-state index is 12.9. The molecule has 2 fully saturated rings. The van der Waals surface area contributed by atoms with Crippen LogP contribution in [0.2, 0.25) is 5.02 Å². The molecule has 0 bridgehead atoms. The minimum absolute atomic E-state index is 0.0470. The minimum atomic E-state index is -0.621. The van der Waals surface area contributed by atoms with Crippen molar-refractivity contribution in [2.24, 2.45) is 0 Å². The first-order chi connectivity index (χ1) is 14.1. The number of nitrogens with one attached hydrogen (secondary N) is 2. The van der Waals surface area contributed by atoms with Gasteiger partial charge in [-0.2, -0.15) is 0 Å². The zero-order valence-corrected chi connectivity index (χ0v) is 18.4. The Hall–Kier alpha value is -2.48. The van der Waals surface area contributed by atoms with Crippen LogP contribution in [-0.2, 0) is 14.3 Å². The van der Waals surface area contributed by atoms with Crippen LogP contribution in [0.25, 0.3) is 0 Å². The van der Waals surface area contributed by atoms with Gasteiger partial charge in [0.25, 0.3) is 0 Å². The summed E-state index contributed by atoms with van der Waals surface area (Å²) < 4.78 is 5.47. The Balaban J connectivity index is 1.68. The molecule has 1 unspecified atom stereocenters. The number of anilines is 2. The molecule has 2 heterocycles. The molecule has 0 saturated carbocycles. The number of carbonyl (C=O) groups excluding carboxylic acids is 3. The number of hydrogen-bond donors (Lipinski definition) is 2. The highest BCUT2D eigenvalue weighted by molar-refractivity contribution is 6.33. The molecular weight excluding hydrogens is 408 g/mol. The Kier molecular flexibility index (Phi) is 6.75. The van der Waals surface area contributed by atoms with E-state index in [-0.39, 0.29) is 18.4 Å². The van der Waals surface area contributed by atoms with Crippen molar-refractivity contribution in [1.82, 2.24) is 10.2 Å². The monoisotopic (exact) mass is 436 g/mol. The molecule has 8 nitrogen and oxygen atoms in total. The molecule has 2 saturated heterocycles. The highest BCUT2D eigenvalue weighted by Gasteiger charge is 2.35. The Morgan fingerprint density at radius 3 is 2.67 bits per heavy atom. The summed E-state index contributed by atoms with van der Waals surface area (Å²) in [6, 6.07) is 4.63. The average Bonchev–Trinajstić information content (AvgIpc) is 2.66. The van der Waals surface area contributed by atoms with Gasteiger partial charge in [0.2, 0.25) is 11.8 Å². The summed E-state index contributed by atoms with van der Waals surface area (Å²) in [5.74, 6) is -0.309. The molecule has 1 aromatic rings. The van der Waals surface area contributed by atoms with Crippen LogP contribution in [0.15, 0.2) is 18.2 Å². The SMILES string of the molecule is CC(C)(C)OC(=O)N1CCCCC1C(=O)Nc1ccc(N2CCNC(=O)C2)c(Cl)c1. The zero-order chi connectivity index (χ0) is 21.9. The summed E-state index contributed by atoms with van der Waals surface area (Å²) >= 11 is 6.42. The van der Waals surface area contributed by atoms with Gasteiger partial charge in [0.1, 0.15) is 11.6 Å². The van der Waals surface area contributed by atoms with Gasteiger partial charge >= 0.3 is 6.09 Å². The van der Waals surface area contributed by atoms with Crippen LogP contribution >= 0.6 is 11.6 Å². The van der Waals surface area contributed by atoms with Gasteiger partial charge in [-0.05, 0) is 58.2 Å². The van der Waals surface area contributed by atoms with Crippen molar-refractivity contribution < 1.29 is 19.1 Å². The summed E-state index contributed by atoms with van der Waals surface area (Å²) in [6.07, 6.45) is 1.82. The number of piperazine rings is 1. The van der Waals surface area contributed by atoms with Gasteiger partial charge in [0.15, 0.2) is 0 Å². The molecule has 3 rings (SSSR count). The standard InChI is InChI=1S/C21H29ClN4O4/c1-21(2,3)30-20(29)26-10-5-4-6-17(26)19(28)24-14-7-8-16(15(22)12-14)25-11-9-23-18(27)13-25/h7-8,12,17H,4-6,9-11,13H2,1-3H3,(H,23,27)(H,24,28). The molecule has 0 aliphatic carbocycles. The van der Waals surface area contributed by atoms with Crippen LogP contribution in [0.5, 0.6) is 0 Å². The van der Waals surface area contributed by atoms with Gasteiger partial charge in [-0.25, -0.2) is 4.79 Å². The molecule has 0 spiro atoms. The van der Waals surface area contributed by atoms with Gasteiger partial charge in [-0.15, -0.1) is 0 Å². The largest absolute Gasteiger partial charge is 0.444 e. The smallest absolute Gasteiger partial charge is 0.410 e. The van der Waals surface area contributed by atoms with Crippen LogP contribution < -0.4 is 15.5 Å². The molecule has 2 N–H and O–H groups in total. The lowest BCUT2D eigenvalue weighted by molar-refractivity contribution is -0.122. The van der Waals surface area contributed by atoms with Gasteiger partial charge < -0.3 is 20.3 Å². The van der Waals surface area contributed by atoms with Crippen LogP contribution in [0.1, 0.15) is 40.0 Å². The summed E-state index contributed by atoms with van der Waals surface area (Å²) in [5.41, 5.74) is 0.673. The lowest BCUT2D eigenvalue weighted by atomic mass is 10.0. The molecule has 1 aromatic carbocycles. The van der Waals surface area contributed by atoms with E-state index in [0.717, 1.165) is 18.5 Å². The number of carbonyl (C=O) groups is 3. The molecule has 1 atom stereocenters. The van der Waals surface area contributed by atoms with Crippen molar-refractivity contribution in [2.45, 2.75) is 51.7 Å². The Labute approximate surface area is 181 Å². The lowest BCUT2D eigenvalue weighted by Crippen LogP contribution is -2.51. The quantitative estimate of drug-likeness (QED) is 0.760. The number of piperidine rings is 1. The third kappa shape index (κ3) is 5.56. The fourth-order valence-electron chi connectivity index (χ4n) is 3.65. The number of hydrogen-bond acceptors (Lipinski definition) is 5. The van der Waals surface area contributed by atoms with E-state index in [1.54, 1.807) is 39.0 Å². The first-order valence-electron chi connectivity index (χ1n) is 10.3. The molecule has 30 heavy (non-hydrogen) atoms. The molecule has 2 aliphatic heterocycles. The molecule has 164 valence electrons. The maximum Gasteiger partial charge on any atom is 0.410 e. The van der Waals surface area contributed by atoms with Crippen LogP contribution in [0, 0.1) is 0 Å². The normalized spacial score (nSPS) is 19.9. The Bertz CT molecular complexity index is 824. The number of halogens is 1. The van der Waals surface area contributed by atoms with Gasteiger partial charge in [-0.1, -0.05) is 11.6 Å². The fraction of sp³-hybridized carbons (Fsp3) is 0.571. The number of nitrogens with zero attached hydrogens (tertiary/aromatic N) is 2. The highest BCUT2D eigenvalue weighted by Crippen LogP contribution is 2.30. The van der Waals surface area contributed by atoms with Crippen LogP contribution in [0.4, 0.5) is 16.2 Å². The lowest BCUT2D eigenvalue weighted by Gasteiger charge is -2.35. The summed E-state index contributed by atoms with van der Waals surface area (Å²) in [5, 5.41) is 6.10. The Morgan fingerprint density at radius 1 is 1.23 bits per heavy atom. The molecule has 9 heteroatoms. The number of ether oxygens (including phenoxy) is 1.